The number of hydrogen-bond donors (Lipinski definition) is 3. The van der Waals surface area contributed by atoms with Gasteiger partial charge in [-0.3, -0.25) is 10.1 Å². The summed E-state index contributed by atoms with van der Waals surface area (Å²) in [6.45, 7) is 3.71. The average molecular weight is 269 g/mol. The van der Waals surface area contributed by atoms with Crippen molar-refractivity contribution in [1.82, 2.24) is 0 Å². The third-order valence-electron chi connectivity index (χ3n) is 2.17. The smallest absolute Gasteiger partial charge is 0.232 e. The van der Waals surface area contributed by atoms with Gasteiger partial charge in [-0.25, -0.2) is 8.42 Å². The molecule has 0 saturated heterocycles. The van der Waals surface area contributed by atoms with Gasteiger partial charge >= 0.3 is 0 Å². The maximum Gasteiger partial charge on any atom is 0.232 e. The molecule has 0 aliphatic rings. The van der Waals surface area contributed by atoms with Gasteiger partial charge in [0.05, 0.1) is 11.6 Å². The van der Waals surface area contributed by atoms with Gasteiger partial charge in [0.1, 0.15) is 0 Å². The van der Waals surface area contributed by atoms with Crippen molar-refractivity contribution in [1.29, 1.82) is 5.41 Å². The molecule has 1 rings (SSSR count). The van der Waals surface area contributed by atoms with Crippen LogP contribution in [0.1, 0.15) is 19.4 Å². The van der Waals surface area contributed by atoms with Crippen molar-refractivity contribution < 1.29 is 8.42 Å². The average Bonchev–Trinajstić information content (AvgIpc) is 2.17. The van der Waals surface area contributed by atoms with Gasteiger partial charge in [-0.15, -0.1) is 0 Å². The van der Waals surface area contributed by atoms with E-state index in [1.807, 2.05) is 13.8 Å². The van der Waals surface area contributed by atoms with E-state index in [0.717, 1.165) is 5.56 Å². The summed E-state index contributed by atoms with van der Waals surface area (Å²) in [5.74, 6) is 0.268. The zero-order valence-electron chi connectivity index (χ0n) is 10.6. The van der Waals surface area contributed by atoms with Crippen molar-refractivity contribution in [3.05, 3.63) is 29.8 Å². The lowest BCUT2D eigenvalue weighted by Crippen LogP contribution is -2.20. The molecule has 0 heterocycles. The minimum Gasteiger partial charge on any atom is -0.387 e. The molecule has 6 heteroatoms. The first-order valence-electron chi connectivity index (χ1n) is 5.71. The molecule has 0 radical (unpaired) electrons. The summed E-state index contributed by atoms with van der Waals surface area (Å²) >= 11 is 0. The highest BCUT2D eigenvalue weighted by atomic mass is 32.2. The first kappa shape index (κ1) is 14.5. The van der Waals surface area contributed by atoms with Crippen LogP contribution in [0.4, 0.5) is 5.69 Å². The molecule has 5 nitrogen and oxygen atoms in total. The number of hydrogen-bond acceptors (Lipinski definition) is 3. The second-order valence-corrected chi connectivity index (χ2v) is 6.44. The molecule has 0 amide bonds. The van der Waals surface area contributed by atoms with Crippen LogP contribution >= 0.6 is 0 Å². The summed E-state index contributed by atoms with van der Waals surface area (Å²) in [4.78, 5) is 0. The fraction of sp³-hybridized carbons (Fsp3) is 0.417. The van der Waals surface area contributed by atoms with E-state index in [0.29, 0.717) is 12.1 Å². The Morgan fingerprint density at radius 2 is 1.89 bits per heavy atom. The fourth-order valence-electron chi connectivity index (χ4n) is 1.57. The monoisotopic (exact) mass is 269 g/mol. The van der Waals surface area contributed by atoms with Crippen molar-refractivity contribution in [2.75, 3.05) is 10.5 Å². The van der Waals surface area contributed by atoms with E-state index in [9.17, 15) is 8.42 Å². The molecule has 0 aliphatic carbocycles. The Bertz CT molecular complexity index is 507. The van der Waals surface area contributed by atoms with Gasteiger partial charge in [0.25, 0.3) is 0 Å². The lowest BCUT2D eigenvalue weighted by molar-refractivity contribution is 0.587. The van der Waals surface area contributed by atoms with Crippen molar-refractivity contribution >= 4 is 21.5 Å². The van der Waals surface area contributed by atoms with Crippen LogP contribution in [0, 0.1) is 11.3 Å². The quantitative estimate of drug-likeness (QED) is 0.540. The molecular weight excluding hydrogens is 250 g/mol. The topological polar surface area (TPSA) is 96.0 Å². The van der Waals surface area contributed by atoms with Crippen LogP contribution in [0.2, 0.25) is 0 Å². The van der Waals surface area contributed by atoms with Crippen LogP contribution in [0.25, 0.3) is 0 Å². The summed E-state index contributed by atoms with van der Waals surface area (Å²) in [5.41, 5.74) is 6.71. The largest absolute Gasteiger partial charge is 0.387 e. The van der Waals surface area contributed by atoms with Gasteiger partial charge in [-0.2, -0.15) is 0 Å². The second-order valence-electron chi connectivity index (χ2n) is 4.68. The van der Waals surface area contributed by atoms with Crippen molar-refractivity contribution in [2.45, 2.75) is 20.3 Å². The van der Waals surface area contributed by atoms with Crippen LogP contribution in [0.5, 0.6) is 0 Å². The predicted octanol–water partition coefficient (Wildman–Crippen LogP) is 1.56. The summed E-state index contributed by atoms with van der Waals surface area (Å²) in [5, 5.41) is 7.17. The van der Waals surface area contributed by atoms with Gasteiger partial charge in [0.2, 0.25) is 10.0 Å². The van der Waals surface area contributed by atoms with Gasteiger partial charge in [0, 0.05) is 12.1 Å². The fourth-order valence-corrected chi connectivity index (χ4v) is 3.03. The molecule has 0 aliphatic heterocycles. The van der Waals surface area contributed by atoms with E-state index in [1.165, 1.54) is 0 Å². The zero-order valence-corrected chi connectivity index (χ0v) is 11.4. The van der Waals surface area contributed by atoms with E-state index < -0.39 is 10.0 Å². The second kappa shape index (κ2) is 5.86. The lowest BCUT2D eigenvalue weighted by Gasteiger charge is -2.10. The van der Waals surface area contributed by atoms with Crippen molar-refractivity contribution in [3.63, 3.8) is 0 Å². The SMILES string of the molecule is CC(C)CS(=O)(=O)Nc1ccc(CC(=N)N)cc1. The van der Waals surface area contributed by atoms with Crippen LogP contribution in [-0.4, -0.2) is 20.0 Å². The first-order chi connectivity index (χ1) is 8.28. The Hall–Kier alpha value is -1.56. The maximum atomic E-state index is 11.7. The molecule has 0 atom stereocenters. The molecule has 0 fully saturated rings. The van der Waals surface area contributed by atoms with E-state index in [1.54, 1.807) is 24.3 Å². The van der Waals surface area contributed by atoms with E-state index in [4.69, 9.17) is 11.1 Å². The number of rotatable bonds is 6. The highest BCUT2D eigenvalue weighted by molar-refractivity contribution is 7.92. The minimum atomic E-state index is -3.29. The molecule has 1 aromatic carbocycles. The van der Waals surface area contributed by atoms with Crippen molar-refractivity contribution in [2.24, 2.45) is 11.7 Å². The standard InChI is InChI=1S/C12H19N3O2S/c1-9(2)8-18(16,17)15-11-5-3-10(4-6-11)7-12(13)14/h3-6,9,15H,7-8H2,1-2H3,(H3,13,14). The Kier molecular flexibility index (Phi) is 4.72. The number of nitrogens with one attached hydrogen (secondary N) is 2. The first-order valence-corrected chi connectivity index (χ1v) is 7.36. The summed E-state index contributed by atoms with van der Waals surface area (Å²) in [7, 11) is -3.29. The molecule has 4 N–H and O–H groups in total. The number of sulfonamides is 1. The van der Waals surface area contributed by atoms with Gasteiger partial charge < -0.3 is 5.73 Å². The Morgan fingerprint density at radius 1 is 1.33 bits per heavy atom. The maximum absolute atomic E-state index is 11.7. The number of nitrogens with two attached hydrogens (primary N) is 1. The molecule has 0 spiro atoms. The molecule has 0 bridgehead atoms. The van der Waals surface area contributed by atoms with E-state index in [2.05, 4.69) is 4.72 Å². The van der Waals surface area contributed by atoms with Crippen molar-refractivity contribution in [3.8, 4) is 0 Å². The molecular formula is C12H19N3O2S. The van der Waals surface area contributed by atoms with Crippen LogP contribution in [0.3, 0.4) is 0 Å². The summed E-state index contributed by atoms with van der Waals surface area (Å²) in [6.07, 6.45) is 0.374. The summed E-state index contributed by atoms with van der Waals surface area (Å²) < 4.78 is 25.9. The number of benzene rings is 1. The third-order valence-corrected chi connectivity index (χ3v) is 3.83. The summed E-state index contributed by atoms with van der Waals surface area (Å²) in [6, 6.07) is 6.87. The minimum absolute atomic E-state index is 0.0829. The Morgan fingerprint density at radius 3 is 2.33 bits per heavy atom. The lowest BCUT2D eigenvalue weighted by atomic mass is 10.1. The third kappa shape index (κ3) is 5.18. The molecule has 0 aromatic heterocycles. The van der Waals surface area contributed by atoms with Gasteiger partial charge in [-0.1, -0.05) is 26.0 Å². The molecule has 100 valence electrons. The van der Waals surface area contributed by atoms with Crippen LogP contribution in [-0.2, 0) is 16.4 Å². The van der Waals surface area contributed by atoms with Crippen LogP contribution in [0.15, 0.2) is 24.3 Å². The Labute approximate surface area is 108 Å². The zero-order chi connectivity index (χ0) is 13.8. The van der Waals surface area contributed by atoms with E-state index >= 15 is 0 Å². The Balaban J connectivity index is 2.72. The molecule has 1 aromatic rings. The molecule has 18 heavy (non-hydrogen) atoms. The molecule has 0 saturated carbocycles. The van der Waals surface area contributed by atoms with E-state index in [-0.39, 0.29) is 17.5 Å². The molecule has 0 unspecified atom stereocenters. The normalized spacial score (nSPS) is 11.5. The van der Waals surface area contributed by atoms with Crippen LogP contribution < -0.4 is 10.5 Å². The predicted molar refractivity (Wildman–Crippen MR) is 74.3 cm³/mol. The highest BCUT2D eigenvalue weighted by Crippen LogP contribution is 2.13. The number of amidine groups is 1. The number of anilines is 1. The highest BCUT2D eigenvalue weighted by Gasteiger charge is 2.12. The van der Waals surface area contributed by atoms with Gasteiger partial charge in [-0.05, 0) is 23.6 Å². The van der Waals surface area contributed by atoms with Gasteiger partial charge in [0.15, 0.2) is 0 Å².